The van der Waals surface area contributed by atoms with Crippen LogP contribution in [0.5, 0.6) is 0 Å². The van der Waals surface area contributed by atoms with Crippen LogP contribution in [0.25, 0.3) is 0 Å². The molecule has 136 valence electrons. The predicted molar refractivity (Wildman–Crippen MR) is 86.2 cm³/mol. The van der Waals surface area contributed by atoms with Gasteiger partial charge >= 0.3 is 12.1 Å². The fourth-order valence-electron chi connectivity index (χ4n) is 2.16. The Labute approximate surface area is 146 Å². The first kappa shape index (κ1) is 19.4. The second-order valence-electron chi connectivity index (χ2n) is 5.16. The summed E-state index contributed by atoms with van der Waals surface area (Å²) in [6.07, 6.45) is -5.29. The lowest BCUT2D eigenvalue weighted by molar-refractivity contribution is -0.152. The molecule has 5 nitrogen and oxygen atoms in total. The van der Waals surface area contributed by atoms with Gasteiger partial charge in [0, 0.05) is 0 Å². The van der Waals surface area contributed by atoms with Crippen LogP contribution in [0.1, 0.15) is 21.7 Å². The number of carboxylic acids is 1. The molecule has 25 heavy (non-hydrogen) atoms. The van der Waals surface area contributed by atoms with E-state index < -0.39 is 44.4 Å². The predicted octanol–water partition coefficient (Wildman–Crippen LogP) is 3.29. The van der Waals surface area contributed by atoms with Crippen molar-refractivity contribution in [2.24, 2.45) is 0 Å². The molecule has 1 heterocycles. The highest BCUT2D eigenvalue weighted by molar-refractivity contribution is 7.89. The van der Waals surface area contributed by atoms with Gasteiger partial charge in [-0.15, -0.1) is 11.3 Å². The zero-order valence-electron chi connectivity index (χ0n) is 12.7. The quantitative estimate of drug-likeness (QED) is 0.756. The van der Waals surface area contributed by atoms with Gasteiger partial charge in [-0.3, -0.25) is 0 Å². The van der Waals surface area contributed by atoms with Crippen molar-refractivity contribution < 1.29 is 31.5 Å². The van der Waals surface area contributed by atoms with Crippen LogP contribution in [0.2, 0.25) is 0 Å². The Hall–Kier alpha value is -1.91. The van der Waals surface area contributed by atoms with Crippen molar-refractivity contribution in [3.8, 4) is 0 Å². The number of carboxylic acid groups (broad SMARTS) is 1. The molecular weight excluding hydrogens is 379 g/mol. The zero-order chi connectivity index (χ0) is 18.7. The number of aryl methyl sites for hydroxylation is 1. The molecule has 1 atom stereocenters. The van der Waals surface area contributed by atoms with Crippen molar-refractivity contribution in [2.45, 2.75) is 30.0 Å². The minimum Gasteiger partial charge on any atom is -0.477 e. The molecular formula is C15H14F3NO4S2. The maximum Gasteiger partial charge on any atom is 0.404 e. The average molecular weight is 393 g/mol. The number of halogens is 3. The highest BCUT2D eigenvalue weighted by atomic mass is 32.2. The van der Waals surface area contributed by atoms with E-state index in [4.69, 9.17) is 5.11 Å². The molecule has 0 aliphatic rings. The molecule has 1 unspecified atom stereocenters. The fourth-order valence-corrected chi connectivity index (χ4v) is 4.68. The standard InChI is InChI=1S/C15H14F3NO4S2/c16-15(17,18)12(7-6-10-4-2-1-3-5-10)19-25(22,23)11-8-9-24-13(11)14(20)21/h1-5,8-9,12,19H,6-7H2,(H,20,21). The van der Waals surface area contributed by atoms with Crippen LogP contribution in [0, 0.1) is 0 Å². The van der Waals surface area contributed by atoms with E-state index in [1.807, 2.05) is 0 Å². The zero-order valence-corrected chi connectivity index (χ0v) is 14.3. The van der Waals surface area contributed by atoms with Crippen LogP contribution < -0.4 is 4.72 Å². The van der Waals surface area contributed by atoms with Gasteiger partial charge in [-0.2, -0.15) is 17.9 Å². The first-order chi connectivity index (χ1) is 11.6. The van der Waals surface area contributed by atoms with Crippen molar-refractivity contribution in [3.05, 3.63) is 52.2 Å². The minimum atomic E-state index is -4.80. The Balaban J connectivity index is 2.21. The summed E-state index contributed by atoms with van der Waals surface area (Å²) in [6.45, 7) is 0. The molecule has 0 saturated carbocycles. The van der Waals surface area contributed by atoms with Crippen LogP contribution >= 0.6 is 11.3 Å². The largest absolute Gasteiger partial charge is 0.477 e. The SMILES string of the molecule is O=C(O)c1sccc1S(=O)(=O)NC(CCc1ccccc1)C(F)(F)F. The first-order valence-corrected chi connectivity index (χ1v) is 9.41. The fraction of sp³-hybridized carbons (Fsp3) is 0.267. The van der Waals surface area contributed by atoms with E-state index in [2.05, 4.69) is 0 Å². The van der Waals surface area contributed by atoms with E-state index in [0.717, 1.165) is 6.07 Å². The molecule has 1 aromatic heterocycles. The van der Waals surface area contributed by atoms with Gasteiger partial charge in [0.05, 0.1) is 0 Å². The van der Waals surface area contributed by atoms with E-state index in [9.17, 15) is 26.4 Å². The van der Waals surface area contributed by atoms with Gasteiger partial charge in [-0.1, -0.05) is 30.3 Å². The van der Waals surface area contributed by atoms with E-state index >= 15 is 0 Å². The Kier molecular flexibility index (Phi) is 5.86. The lowest BCUT2D eigenvalue weighted by atomic mass is 10.1. The summed E-state index contributed by atoms with van der Waals surface area (Å²) in [5.41, 5.74) is 0.637. The van der Waals surface area contributed by atoms with Gasteiger partial charge in [0.25, 0.3) is 0 Å². The van der Waals surface area contributed by atoms with Crippen LogP contribution in [0.3, 0.4) is 0 Å². The number of thiophene rings is 1. The molecule has 2 N–H and O–H groups in total. The van der Waals surface area contributed by atoms with Crippen LogP contribution in [0.15, 0.2) is 46.7 Å². The van der Waals surface area contributed by atoms with Crippen molar-refractivity contribution in [1.82, 2.24) is 4.72 Å². The smallest absolute Gasteiger partial charge is 0.404 e. The summed E-state index contributed by atoms with van der Waals surface area (Å²) in [6, 6.07) is 7.00. The number of hydrogen-bond acceptors (Lipinski definition) is 4. The lowest BCUT2D eigenvalue weighted by Gasteiger charge is -2.21. The molecule has 10 heteroatoms. The Morgan fingerprint density at radius 3 is 2.40 bits per heavy atom. The van der Waals surface area contributed by atoms with Crippen molar-refractivity contribution in [2.75, 3.05) is 0 Å². The number of nitrogens with one attached hydrogen (secondary N) is 1. The molecule has 1 aromatic carbocycles. The van der Waals surface area contributed by atoms with Crippen molar-refractivity contribution in [1.29, 1.82) is 0 Å². The molecule has 0 amide bonds. The summed E-state index contributed by atoms with van der Waals surface area (Å²) in [5.74, 6) is -1.51. The van der Waals surface area contributed by atoms with Crippen LogP contribution in [-0.4, -0.2) is 31.7 Å². The van der Waals surface area contributed by atoms with Crippen molar-refractivity contribution >= 4 is 27.3 Å². The molecule has 0 spiro atoms. The second-order valence-corrected chi connectivity index (χ2v) is 7.76. The van der Waals surface area contributed by atoms with Crippen LogP contribution in [0.4, 0.5) is 13.2 Å². The molecule has 2 aromatic rings. The maximum atomic E-state index is 13.2. The monoisotopic (exact) mass is 393 g/mol. The Morgan fingerprint density at radius 1 is 1.20 bits per heavy atom. The third-order valence-electron chi connectivity index (χ3n) is 3.37. The maximum absolute atomic E-state index is 13.2. The number of alkyl halides is 3. The number of benzene rings is 1. The summed E-state index contributed by atoms with van der Waals surface area (Å²) < 4.78 is 65.7. The minimum absolute atomic E-state index is 0.0168. The van der Waals surface area contributed by atoms with Gasteiger partial charge in [0.15, 0.2) is 0 Å². The molecule has 0 aliphatic heterocycles. The van der Waals surface area contributed by atoms with Gasteiger partial charge in [0.2, 0.25) is 10.0 Å². The molecule has 0 bridgehead atoms. The third-order valence-corrected chi connectivity index (χ3v) is 5.92. The van der Waals surface area contributed by atoms with E-state index in [-0.39, 0.29) is 6.42 Å². The Morgan fingerprint density at radius 2 is 1.84 bits per heavy atom. The van der Waals surface area contributed by atoms with Gasteiger partial charge < -0.3 is 5.11 Å². The van der Waals surface area contributed by atoms with Gasteiger partial charge in [-0.25, -0.2) is 13.2 Å². The van der Waals surface area contributed by atoms with E-state index in [0.29, 0.717) is 16.9 Å². The molecule has 2 rings (SSSR count). The van der Waals surface area contributed by atoms with E-state index in [1.54, 1.807) is 35.1 Å². The highest BCUT2D eigenvalue weighted by Crippen LogP contribution is 2.28. The molecule has 0 saturated heterocycles. The Bertz CT molecular complexity index is 832. The summed E-state index contributed by atoms with van der Waals surface area (Å²) in [7, 11) is -4.62. The summed E-state index contributed by atoms with van der Waals surface area (Å²) >= 11 is 0.629. The third kappa shape index (κ3) is 5.03. The number of rotatable bonds is 7. The van der Waals surface area contributed by atoms with Gasteiger partial charge in [-0.05, 0) is 29.9 Å². The van der Waals surface area contributed by atoms with Gasteiger partial charge in [0.1, 0.15) is 15.8 Å². The second kappa shape index (κ2) is 7.54. The number of hydrogen-bond donors (Lipinski definition) is 2. The number of carbonyl (C=O) groups is 1. The van der Waals surface area contributed by atoms with E-state index in [1.165, 1.54) is 5.38 Å². The first-order valence-electron chi connectivity index (χ1n) is 7.05. The molecule has 0 radical (unpaired) electrons. The average Bonchev–Trinajstić information content (AvgIpc) is 3.02. The highest BCUT2D eigenvalue weighted by Gasteiger charge is 2.42. The van der Waals surface area contributed by atoms with Crippen molar-refractivity contribution in [3.63, 3.8) is 0 Å². The topological polar surface area (TPSA) is 83.5 Å². The summed E-state index contributed by atoms with van der Waals surface area (Å²) in [5, 5.41) is 10.2. The van der Waals surface area contributed by atoms with Crippen LogP contribution in [-0.2, 0) is 16.4 Å². The molecule has 0 fully saturated rings. The number of aromatic carboxylic acids is 1. The number of sulfonamides is 1. The summed E-state index contributed by atoms with van der Waals surface area (Å²) in [4.78, 5) is 9.82. The molecule has 0 aliphatic carbocycles. The normalized spacial score (nSPS) is 13.6. The lowest BCUT2D eigenvalue weighted by Crippen LogP contribution is -2.45.